The first-order valence-electron chi connectivity index (χ1n) is 11.1. The third-order valence-corrected chi connectivity index (χ3v) is 4.25. The number of alkyl carbamates (subject to hydrolysis) is 2. The SMILES string of the molecule is CC/N=C\c1ccc(/C=N\CCOCCOC(=O)NCCCCCCNC(=O)OC)cc1. The van der Waals surface area contributed by atoms with Crippen LogP contribution in [0.15, 0.2) is 34.3 Å². The van der Waals surface area contributed by atoms with E-state index in [1.807, 2.05) is 43.6 Å². The normalized spacial score (nSPS) is 11.1. The minimum Gasteiger partial charge on any atom is -0.453 e. The van der Waals surface area contributed by atoms with Gasteiger partial charge in [0.25, 0.3) is 0 Å². The Hall–Kier alpha value is -2.94. The molecule has 0 fully saturated rings. The molecule has 2 N–H and O–H groups in total. The molecule has 0 saturated heterocycles. The van der Waals surface area contributed by atoms with E-state index in [-0.39, 0.29) is 6.61 Å². The number of carbonyl (C=O) groups is 2. The molecule has 1 aromatic rings. The summed E-state index contributed by atoms with van der Waals surface area (Å²) in [4.78, 5) is 31.0. The molecule has 0 aromatic heterocycles. The topological polar surface area (TPSA) is 111 Å². The third-order valence-electron chi connectivity index (χ3n) is 4.25. The number of aliphatic imine (C=N–C) groups is 2. The number of carbonyl (C=O) groups excluding carboxylic acids is 2. The molecule has 178 valence electrons. The summed E-state index contributed by atoms with van der Waals surface area (Å²) in [5, 5.41) is 5.33. The van der Waals surface area contributed by atoms with E-state index in [2.05, 4.69) is 25.4 Å². The number of rotatable bonds is 16. The van der Waals surface area contributed by atoms with Crippen molar-refractivity contribution in [1.82, 2.24) is 10.6 Å². The zero-order valence-corrected chi connectivity index (χ0v) is 19.2. The summed E-state index contributed by atoms with van der Waals surface area (Å²) < 4.78 is 15.0. The second-order valence-corrected chi connectivity index (χ2v) is 6.84. The van der Waals surface area contributed by atoms with Gasteiger partial charge in [-0.2, -0.15) is 0 Å². The maximum Gasteiger partial charge on any atom is 0.407 e. The van der Waals surface area contributed by atoms with Gasteiger partial charge in [0, 0.05) is 32.1 Å². The van der Waals surface area contributed by atoms with Crippen molar-refractivity contribution in [2.75, 3.05) is 53.1 Å². The van der Waals surface area contributed by atoms with E-state index in [1.54, 1.807) is 0 Å². The second kappa shape index (κ2) is 18.8. The number of amides is 2. The van der Waals surface area contributed by atoms with E-state index in [1.165, 1.54) is 7.11 Å². The van der Waals surface area contributed by atoms with Gasteiger partial charge in [0.05, 0.1) is 26.9 Å². The third kappa shape index (κ3) is 15.0. The Morgan fingerprint density at radius 3 is 2.03 bits per heavy atom. The fraction of sp³-hybridized carbons (Fsp3) is 0.565. The van der Waals surface area contributed by atoms with Crippen molar-refractivity contribution in [1.29, 1.82) is 0 Å². The molecule has 0 spiro atoms. The van der Waals surface area contributed by atoms with Crippen LogP contribution in [-0.4, -0.2) is 77.7 Å². The molecule has 0 aliphatic carbocycles. The Balaban J connectivity index is 1.93. The minimum absolute atomic E-state index is 0.204. The van der Waals surface area contributed by atoms with Gasteiger partial charge in [-0.15, -0.1) is 0 Å². The van der Waals surface area contributed by atoms with Crippen LogP contribution in [0.2, 0.25) is 0 Å². The van der Waals surface area contributed by atoms with E-state index in [0.717, 1.165) is 43.4 Å². The lowest BCUT2D eigenvalue weighted by Gasteiger charge is -2.07. The molecule has 9 nitrogen and oxygen atoms in total. The van der Waals surface area contributed by atoms with Gasteiger partial charge in [-0.05, 0) is 30.9 Å². The van der Waals surface area contributed by atoms with Crippen molar-refractivity contribution < 1.29 is 23.8 Å². The van der Waals surface area contributed by atoms with Crippen LogP contribution in [0.5, 0.6) is 0 Å². The van der Waals surface area contributed by atoms with E-state index in [9.17, 15) is 9.59 Å². The van der Waals surface area contributed by atoms with Crippen molar-refractivity contribution >= 4 is 24.6 Å². The molecule has 2 amide bonds. The lowest BCUT2D eigenvalue weighted by Crippen LogP contribution is -2.26. The van der Waals surface area contributed by atoms with Gasteiger partial charge in [0.2, 0.25) is 0 Å². The van der Waals surface area contributed by atoms with Crippen LogP contribution >= 0.6 is 0 Å². The van der Waals surface area contributed by atoms with E-state index in [4.69, 9.17) is 9.47 Å². The number of hydrogen-bond acceptors (Lipinski definition) is 7. The molecule has 0 unspecified atom stereocenters. The first-order chi connectivity index (χ1) is 15.7. The number of hydrogen-bond donors (Lipinski definition) is 2. The smallest absolute Gasteiger partial charge is 0.407 e. The van der Waals surface area contributed by atoms with Crippen LogP contribution < -0.4 is 10.6 Å². The van der Waals surface area contributed by atoms with Crippen LogP contribution in [0.4, 0.5) is 9.59 Å². The van der Waals surface area contributed by atoms with Crippen LogP contribution in [-0.2, 0) is 14.2 Å². The van der Waals surface area contributed by atoms with Crippen LogP contribution in [0.3, 0.4) is 0 Å². The van der Waals surface area contributed by atoms with Gasteiger partial charge in [-0.1, -0.05) is 37.1 Å². The maximum absolute atomic E-state index is 11.6. The second-order valence-electron chi connectivity index (χ2n) is 6.84. The maximum atomic E-state index is 11.6. The average Bonchev–Trinajstić information content (AvgIpc) is 2.81. The molecule has 0 saturated carbocycles. The summed E-state index contributed by atoms with van der Waals surface area (Å²) >= 11 is 0. The number of methoxy groups -OCH3 is 1. The average molecular weight is 449 g/mol. The molecule has 0 aliphatic rings. The molecular weight excluding hydrogens is 412 g/mol. The predicted molar refractivity (Wildman–Crippen MR) is 126 cm³/mol. The van der Waals surface area contributed by atoms with Crippen molar-refractivity contribution in [3.05, 3.63) is 35.4 Å². The summed E-state index contributed by atoms with van der Waals surface area (Å²) in [6.45, 7) is 5.48. The zero-order valence-electron chi connectivity index (χ0n) is 19.2. The summed E-state index contributed by atoms with van der Waals surface area (Å²) in [5.74, 6) is 0. The Kier molecular flexibility index (Phi) is 15.9. The first-order valence-corrected chi connectivity index (χ1v) is 11.1. The van der Waals surface area contributed by atoms with Gasteiger partial charge in [-0.3, -0.25) is 9.98 Å². The Bertz CT molecular complexity index is 692. The number of nitrogens with zero attached hydrogens (tertiary/aromatic N) is 2. The predicted octanol–water partition coefficient (Wildman–Crippen LogP) is 3.20. The van der Waals surface area contributed by atoms with E-state index >= 15 is 0 Å². The number of ether oxygens (including phenoxy) is 3. The molecule has 0 atom stereocenters. The fourth-order valence-corrected chi connectivity index (χ4v) is 2.56. The summed E-state index contributed by atoms with van der Waals surface area (Å²) in [7, 11) is 1.34. The minimum atomic E-state index is -0.439. The highest BCUT2D eigenvalue weighted by Gasteiger charge is 2.01. The summed E-state index contributed by atoms with van der Waals surface area (Å²) in [6.07, 6.45) is 6.48. The molecule has 1 aromatic carbocycles. The molecule has 0 radical (unpaired) electrons. The van der Waals surface area contributed by atoms with Crippen LogP contribution in [0, 0.1) is 0 Å². The van der Waals surface area contributed by atoms with Crippen molar-refractivity contribution in [3.8, 4) is 0 Å². The lowest BCUT2D eigenvalue weighted by atomic mass is 10.1. The standard InChI is InChI=1S/C23H36N4O5/c1-3-24-18-20-8-10-21(11-9-20)19-25-14-15-31-16-17-32-23(29)27-13-7-5-4-6-12-26-22(28)30-2/h8-11,18-19H,3-7,12-17H2,1-2H3,(H,26,28)(H,27,29)/b24-18-,25-19-. The quantitative estimate of drug-likeness (QED) is 0.298. The monoisotopic (exact) mass is 448 g/mol. The largest absolute Gasteiger partial charge is 0.453 e. The number of unbranched alkanes of at least 4 members (excludes halogenated alkanes) is 3. The first kappa shape index (κ1) is 27.1. The Morgan fingerprint density at radius 2 is 1.44 bits per heavy atom. The molecule has 0 heterocycles. The summed E-state index contributed by atoms with van der Waals surface area (Å²) in [5.41, 5.74) is 2.10. The van der Waals surface area contributed by atoms with Gasteiger partial charge >= 0.3 is 12.2 Å². The highest BCUT2D eigenvalue weighted by atomic mass is 16.6. The Morgan fingerprint density at radius 1 is 0.844 bits per heavy atom. The molecule has 32 heavy (non-hydrogen) atoms. The molecule has 0 bridgehead atoms. The molecule has 9 heteroatoms. The molecule has 0 aliphatic heterocycles. The number of benzene rings is 1. The van der Waals surface area contributed by atoms with Gasteiger partial charge in [-0.25, -0.2) is 9.59 Å². The van der Waals surface area contributed by atoms with Gasteiger partial charge in [0.1, 0.15) is 6.61 Å². The lowest BCUT2D eigenvalue weighted by molar-refractivity contribution is 0.0765. The van der Waals surface area contributed by atoms with Gasteiger partial charge < -0.3 is 24.8 Å². The van der Waals surface area contributed by atoms with Crippen molar-refractivity contribution in [2.24, 2.45) is 9.98 Å². The highest BCUT2D eigenvalue weighted by Crippen LogP contribution is 2.00. The number of nitrogens with one attached hydrogen (secondary N) is 2. The van der Waals surface area contributed by atoms with Crippen molar-refractivity contribution in [3.63, 3.8) is 0 Å². The fourth-order valence-electron chi connectivity index (χ4n) is 2.56. The van der Waals surface area contributed by atoms with E-state index < -0.39 is 12.2 Å². The van der Waals surface area contributed by atoms with Crippen LogP contribution in [0.25, 0.3) is 0 Å². The highest BCUT2D eigenvalue weighted by molar-refractivity contribution is 5.84. The Labute approximate surface area is 190 Å². The summed E-state index contributed by atoms with van der Waals surface area (Å²) in [6, 6.07) is 8.00. The zero-order chi connectivity index (χ0) is 23.3. The van der Waals surface area contributed by atoms with Gasteiger partial charge in [0.15, 0.2) is 0 Å². The molecular formula is C23H36N4O5. The van der Waals surface area contributed by atoms with E-state index in [0.29, 0.717) is 32.8 Å². The van der Waals surface area contributed by atoms with Crippen molar-refractivity contribution in [2.45, 2.75) is 32.6 Å². The van der Waals surface area contributed by atoms with Crippen LogP contribution in [0.1, 0.15) is 43.7 Å². The molecule has 1 rings (SSSR count).